The topological polar surface area (TPSA) is 46.2 Å². The highest BCUT2D eigenvalue weighted by molar-refractivity contribution is 7.91. The Balaban J connectivity index is 2.36. The third kappa shape index (κ3) is 3.89. The Morgan fingerprint density at radius 3 is 2.19 bits per heavy atom. The Hall–Kier alpha value is -0.370. The van der Waals surface area contributed by atoms with Crippen LogP contribution in [0.5, 0.6) is 0 Å². The molecule has 0 aromatic rings. The number of nitrogens with one attached hydrogen (secondary N) is 1. The van der Waals surface area contributed by atoms with Crippen molar-refractivity contribution in [2.24, 2.45) is 0 Å². The van der Waals surface area contributed by atoms with Crippen LogP contribution in [0.25, 0.3) is 0 Å². The maximum Gasteiger partial charge on any atom is 0.319 e. The summed E-state index contributed by atoms with van der Waals surface area (Å²) in [5.74, 6) is -4.22. The van der Waals surface area contributed by atoms with Gasteiger partial charge in [-0.2, -0.15) is 8.78 Å². The number of sulfone groups is 1. The van der Waals surface area contributed by atoms with Crippen LogP contribution in [0.2, 0.25) is 0 Å². The lowest BCUT2D eigenvalue weighted by Gasteiger charge is -2.25. The lowest BCUT2D eigenvalue weighted by atomic mass is 10.1. The third-order valence-electron chi connectivity index (χ3n) is 2.50. The van der Waals surface area contributed by atoms with E-state index in [0.717, 1.165) is 0 Å². The van der Waals surface area contributed by atoms with E-state index >= 15 is 0 Å². The molecule has 3 nitrogen and oxygen atoms in total. The van der Waals surface area contributed by atoms with Crippen molar-refractivity contribution < 1.29 is 26.0 Å². The fourth-order valence-electron chi connectivity index (χ4n) is 1.45. The molecule has 1 heterocycles. The van der Waals surface area contributed by atoms with Crippen molar-refractivity contribution in [2.75, 3.05) is 18.1 Å². The van der Waals surface area contributed by atoms with Crippen molar-refractivity contribution in [3.8, 4) is 0 Å². The van der Waals surface area contributed by atoms with Gasteiger partial charge in [-0.1, -0.05) is 0 Å². The minimum absolute atomic E-state index is 0.0785. The Kier molecular flexibility index (Phi) is 4.17. The van der Waals surface area contributed by atoms with Gasteiger partial charge in [-0.3, -0.25) is 0 Å². The van der Waals surface area contributed by atoms with E-state index in [2.05, 4.69) is 5.32 Å². The van der Waals surface area contributed by atoms with Crippen LogP contribution in [0.3, 0.4) is 0 Å². The number of hydrogen-bond acceptors (Lipinski definition) is 3. The van der Waals surface area contributed by atoms with Gasteiger partial charge in [0.15, 0.2) is 0 Å². The standard InChI is InChI=1S/C8H13F4NO2S/c9-7(10)8(11,12)5-13-6-1-3-16(14,15)4-2-6/h6-7,13H,1-5H2. The summed E-state index contributed by atoms with van der Waals surface area (Å²) in [6.45, 7) is -1.12. The smallest absolute Gasteiger partial charge is 0.308 e. The molecule has 0 spiro atoms. The zero-order chi connectivity index (χ0) is 12.4. The Labute approximate surface area is 91.1 Å². The molecule has 1 aliphatic rings. The van der Waals surface area contributed by atoms with Gasteiger partial charge in [-0.15, -0.1) is 0 Å². The first-order valence-corrected chi connectivity index (χ1v) is 6.65. The monoisotopic (exact) mass is 263 g/mol. The lowest BCUT2D eigenvalue weighted by molar-refractivity contribution is -0.126. The van der Waals surface area contributed by atoms with Crippen molar-refractivity contribution in [2.45, 2.75) is 31.2 Å². The zero-order valence-corrected chi connectivity index (χ0v) is 9.24. The number of rotatable bonds is 4. The highest BCUT2D eigenvalue weighted by Crippen LogP contribution is 2.22. The molecule has 0 saturated carbocycles. The van der Waals surface area contributed by atoms with E-state index in [1.54, 1.807) is 0 Å². The van der Waals surface area contributed by atoms with E-state index in [9.17, 15) is 26.0 Å². The fraction of sp³-hybridized carbons (Fsp3) is 1.00. The van der Waals surface area contributed by atoms with E-state index in [1.807, 2.05) is 0 Å². The molecular formula is C8H13F4NO2S. The van der Waals surface area contributed by atoms with Gasteiger partial charge in [0.1, 0.15) is 9.84 Å². The van der Waals surface area contributed by atoms with Gasteiger partial charge in [0.2, 0.25) is 0 Å². The van der Waals surface area contributed by atoms with Crippen molar-refractivity contribution in [3.05, 3.63) is 0 Å². The number of alkyl halides is 4. The average Bonchev–Trinajstić information content (AvgIpc) is 2.16. The zero-order valence-electron chi connectivity index (χ0n) is 8.43. The third-order valence-corrected chi connectivity index (χ3v) is 4.22. The van der Waals surface area contributed by atoms with Gasteiger partial charge in [0.25, 0.3) is 0 Å². The molecule has 0 radical (unpaired) electrons. The van der Waals surface area contributed by atoms with E-state index < -0.39 is 34.8 Å². The first-order valence-electron chi connectivity index (χ1n) is 4.83. The molecule has 16 heavy (non-hydrogen) atoms. The van der Waals surface area contributed by atoms with Gasteiger partial charge in [-0.25, -0.2) is 17.2 Å². The van der Waals surface area contributed by atoms with Crippen molar-refractivity contribution in [1.29, 1.82) is 0 Å². The summed E-state index contributed by atoms with van der Waals surface area (Å²) in [5.41, 5.74) is 0. The predicted octanol–water partition coefficient (Wildman–Crippen LogP) is 1.05. The first kappa shape index (κ1) is 13.7. The Bertz CT molecular complexity index is 317. The van der Waals surface area contributed by atoms with Crippen LogP contribution in [0.1, 0.15) is 12.8 Å². The van der Waals surface area contributed by atoms with Crippen LogP contribution in [-0.2, 0) is 9.84 Å². The number of halogens is 4. The van der Waals surface area contributed by atoms with Crippen molar-refractivity contribution in [1.82, 2.24) is 5.32 Å². The molecule has 96 valence electrons. The molecule has 0 aromatic carbocycles. The quantitative estimate of drug-likeness (QED) is 0.771. The van der Waals surface area contributed by atoms with E-state index in [4.69, 9.17) is 0 Å². The summed E-state index contributed by atoms with van der Waals surface area (Å²) >= 11 is 0. The van der Waals surface area contributed by atoms with Gasteiger partial charge < -0.3 is 5.32 Å². The summed E-state index contributed by atoms with van der Waals surface area (Å²) in [6.07, 6.45) is -3.31. The molecule has 0 aliphatic carbocycles. The minimum atomic E-state index is -4.06. The molecule has 1 aliphatic heterocycles. The largest absolute Gasteiger partial charge is 0.319 e. The maximum absolute atomic E-state index is 12.5. The second-order valence-electron chi connectivity index (χ2n) is 3.87. The second-order valence-corrected chi connectivity index (χ2v) is 6.17. The van der Waals surface area contributed by atoms with Crippen molar-refractivity contribution in [3.63, 3.8) is 0 Å². The first-order chi connectivity index (χ1) is 7.23. The van der Waals surface area contributed by atoms with Gasteiger partial charge in [0.05, 0.1) is 18.1 Å². The molecule has 0 atom stereocenters. The fourth-order valence-corrected chi connectivity index (χ4v) is 2.94. The molecule has 1 saturated heterocycles. The second kappa shape index (κ2) is 4.87. The van der Waals surface area contributed by atoms with Crippen LogP contribution in [0, 0.1) is 0 Å². The highest BCUT2D eigenvalue weighted by atomic mass is 32.2. The molecule has 1 rings (SSSR count). The van der Waals surface area contributed by atoms with Gasteiger partial charge in [-0.05, 0) is 12.8 Å². The van der Waals surface area contributed by atoms with Crippen molar-refractivity contribution >= 4 is 9.84 Å². The molecule has 0 bridgehead atoms. The van der Waals surface area contributed by atoms with Gasteiger partial charge >= 0.3 is 12.3 Å². The summed E-state index contributed by atoms with van der Waals surface area (Å²) in [6, 6.07) is -0.423. The average molecular weight is 263 g/mol. The summed E-state index contributed by atoms with van der Waals surface area (Å²) in [4.78, 5) is 0. The SMILES string of the molecule is O=S1(=O)CCC(NCC(F)(F)C(F)F)CC1. The van der Waals surface area contributed by atoms with E-state index in [-0.39, 0.29) is 24.3 Å². The molecule has 1 N–H and O–H groups in total. The Morgan fingerprint density at radius 2 is 1.75 bits per heavy atom. The van der Waals surface area contributed by atoms with Gasteiger partial charge in [0, 0.05) is 6.04 Å². The lowest BCUT2D eigenvalue weighted by Crippen LogP contribution is -2.45. The molecule has 0 aromatic heterocycles. The minimum Gasteiger partial charge on any atom is -0.308 e. The molecule has 8 heteroatoms. The Morgan fingerprint density at radius 1 is 1.25 bits per heavy atom. The molecular weight excluding hydrogens is 250 g/mol. The van der Waals surface area contributed by atoms with Crippen LogP contribution in [-0.4, -0.2) is 44.9 Å². The molecule has 1 fully saturated rings. The number of hydrogen-bond donors (Lipinski definition) is 1. The molecule has 0 amide bonds. The summed E-state index contributed by atoms with van der Waals surface area (Å²) in [7, 11) is -3.06. The van der Waals surface area contributed by atoms with Crippen LogP contribution < -0.4 is 5.32 Å². The maximum atomic E-state index is 12.5. The van der Waals surface area contributed by atoms with E-state index in [1.165, 1.54) is 0 Å². The normalized spacial score (nSPS) is 22.6. The van der Waals surface area contributed by atoms with E-state index in [0.29, 0.717) is 0 Å². The van der Waals surface area contributed by atoms with Crippen LogP contribution in [0.4, 0.5) is 17.6 Å². The highest BCUT2D eigenvalue weighted by Gasteiger charge is 2.41. The predicted molar refractivity (Wildman–Crippen MR) is 50.6 cm³/mol. The summed E-state index contributed by atoms with van der Waals surface area (Å²) < 4.78 is 70.7. The molecule has 0 unspecified atom stereocenters. The van der Waals surface area contributed by atoms with Crippen LogP contribution >= 0.6 is 0 Å². The summed E-state index contributed by atoms with van der Waals surface area (Å²) in [5, 5.41) is 2.29. The van der Waals surface area contributed by atoms with Crippen LogP contribution in [0.15, 0.2) is 0 Å².